The van der Waals surface area contributed by atoms with Crippen molar-refractivity contribution in [2.45, 2.75) is 45.1 Å². The van der Waals surface area contributed by atoms with Gasteiger partial charge in [0.25, 0.3) is 0 Å². The van der Waals surface area contributed by atoms with Gasteiger partial charge in [-0.25, -0.2) is 0 Å². The van der Waals surface area contributed by atoms with E-state index in [1.54, 1.807) is 0 Å². The predicted molar refractivity (Wildman–Crippen MR) is 77.0 cm³/mol. The van der Waals surface area contributed by atoms with Crippen LogP contribution in [0.5, 0.6) is 0 Å². The summed E-state index contributed by atoms with van der Waals surface area (Å²) < 4.78 is 0. The topological polar surface area (TPSA) is 39.7 Å². The summed E-state index contributed by atoms with van der Waals surface area (Å²) in [6, 6.07) is 0.648. The van der Waals surface area contributed by atoms with Crippen molar-refractivity contribution in [3.63, 3.8) is 0 Å². The maximum atomic E-state index is 4.28. The van der Waals surface area contributed by atoms with Gasteiger partial charge in [-0.15, -0.1) is 0 Å². The summed E-state index contributed by atoms with van der Waals surface area (Å²) >= 11 is 0. The van der Waals surface area contributed by atoms with Gasteiger partial charge in [0.05, 0.1) is 0 Å². The van der Waals surface area contributed by atoms with Crippen molar-refractivity contribution in [1.82, 2.24) is 15.5 Å². The van der Waals surface area contributed by atoms with E-state index in [1.165, 1.54) is 45.2 Å². The average molecular weight is 252 g/mol. The normalized spacial score (nSPS) is 29.8. The Hall–Kier alpha value is -0.770. The third-order valence-electron chi connectivity index (χ3n) is 4.07. The first kappa shape index (κ1) is 13.7. The molecule has 2 N–H and O–H groups in total. The van der Waals surface area contributed by atoms with Crippen LogP contribution in [0.1, 0.15) is 39.0 Å². The van der Waals surface area contributed by atoms with Crippen LogP contribution >= 0.6 is 0 Å². The maximum absolute atomic E-state index is 4.28. The molecule has 0 spiro atoms. The highest BCUT2D eigenvalue weighted by Gasteiger charge is 2.33. The molecule has 2 unspecified atom stereocenters. The molecule has 0 aromatic heterocycles. The fourth-order valence-corrected chi connectivity index (χ4v) is 2.59. The van der Waals surface area contributed by atoms with E-state index in [4.69, 9.17) is 0 Å². The molecule has 104 valence electrons. The summed E-state index contributed by atoms with van der Waals surface area (Å²) in [7, 11) is 1.86. The predicted octanol–water partition coefficient (Wildman–Crippen LogP) is 1.44. The Labute approximate surface area is 111 Å². The molecular formula is C14H28N4. The lowest BCUT2D eigenvalue weighted by Gasteiger charge is -2.20. The molecule has 1 saturated carbocycles. The van der Waals surface area contributed by atoms with Crippen molar-refractivity contribution < 1.29 is 0 Å². The van der Waals surface area contributed by atoms with Crippen LogP contribution in [0.4, 0.5) is 0 Å². The van der Waals surface area contributed by atoms with Gasteiger partial charge in [-0.3, -0.25) is 4.99 Å². The first-order valence-corrected chi connectivity index (χ1v) is 7.49. The van der Waals surface area contributed by atoms with Crippen LogP contribution in [0, 0.1) is 5.92 Å². The number of nitrogens with zero attached hydrogens (tertiary/aromatic N) is 2. The van der Waals surface area contributed by atoms with Crippen molar-refractivity contribution in [2.75, 3.05) is 33.2 Å². The quantitative estimate of drug-likeness (QED) is 0.587. The van der Waals surface area contributed by atoms with E-state index in [9.17, 15) is 0 Å². The number of hydrogen-bond donors (Lipinski definition) is 2. The third-order valence-corrected chi connectivity index (χ3v) is 4.07. The van der Waals surface area contributed by atoms with Gasteiger partial charge >= 0.3 is 0 Å². The second-order valence-corrected chi connectivity index (χ2v) is 5.72. The van der Waals surface area contributed by atoms with Gasteiger partial charge in [-0.1, -0.05) is 19.8 Å². The monoisotopic (exact) mass is 252 g/mol. The number of guanidine groups is 1. The van der Waals surface area contributed by atoms with Crippen LogP contribution < -0.4 is 10.6 Å². The highest BCUT2D eigenvalue weighted by Crippen LogP contribution is 2.28. The Morgan fingerprint density at radius 1 is 1.22 bits per heavy atom. The van der Waals surface area contributed by atoms with Gasteiger partial charge in [0.2, 0.25) is 0 Å². The molecule has 0 aromatic carbocycles. The number of nitrogens with one attached hydrogen (secondary N) is 2. The van der Waals surface area contributed by atoms with Crippen molar-refractivity contribution >= 4 is 5.96 Å². The van der Waals surface area contributed by atoms with Gasteiger partial charge in [-0.05, 0) is 38.3 Å². The molecule has 1 aliphatic heterocycles. The van der Waals surface area contributed by atoms with Gasteiger partial charge in [-0.2, -0.15) is 0 Å². The lowest BCUT2D eigenvalue weighted by molar-refractivity contribution is 0.289. The SMILES string of the molecule is CN=C(NCCN1CCCCCC1)NC1CC1C. The Bertz CT molecular complexity index is 269. The van der Waals surface area contributed by atoms with Gasteiger partial charge < -0.3 is 15.5 Å². The summed E-state index contributed by atoms with van der Waals surface area (Å²) in [5.74, 6) is 1.79. The molecule has 0 bridgehead atoms. The first-order valence-electron chi connectivity index (χ1n) is 7.49. The van der Waals surface area contributed by atoms with E-state index in [-0.39, 0.29) is 0 Å². The molecule has 2 rings (SSSR count). The van der Waals surface area contributed by atoms with Gasteiger partial charge in [0, 0.05) is 26.2 Å². The molecule has 2 fully saturated rings. The lowest BCUT2D eigenvalue weighted by Crippen LogP contribution is -2.42. The minimum Gasteiger partial charge on any atom is -0.355 e. The Balaban J connectivity index is 1.60. The third kappa shape index (κ3) is 4.48. The summed E-state index contributed by atoms with van der Waals surface area (Å²) in [4.78, 5) is 6.86. The summed E-state index contributed by atoms with van der Waals surface area (Å²) in [5, 5.41) is 6.89. The highest BCUT2D eigenvalue weighted by molar-refractivity contribution is 5.80. The lowest BCUT2D eigenvalue weighted by atomic mass is 10.2. The van der Waals surface area contributed by atoms with E-state index in [1.807, 2.05) is 7.05 Å². The molecule has 1 saturated heterocycles. The van der Waals surface area contributed by atoms with Gasteiger partial charge in [0.1, 0.15) is 0 Å². The fourth-order valence-electron chi connectivity index (χ4n) is 2.59. The highest BCUT2D eigenvalue weighted by atomic mass is 15.2. The Kier molecular flexibility index (Phi) is 5.29. The summed E-state index contributed by atoms with van der Waals surface area (Å²) in [6.45, 7) is 6.96. The largest absolute Gasteiger partial charge is 0.355 e. The van der Waals surface area contributed by atoms with Crippen LogP contribution in [-0.4, -0.2) is 50.1 Å². The van der Waals surface area contributed by atoms with E-state index < -0.39 is 0 Å². The smallest absolute Gasteiger partial charge is 0.191 e. The van der Waals surface area contributed by atoms with E-state index >= 15 is 0 Å². The minimum atomic E-state index is 0.648. The Morgan fingerprint density at radius 3 is 2.44 bits per heavy atom. The summed E-state index contributed by atoms with van der Waals surface area (Å²) in [5.41, 5.74) is 0. The molecule has 0 amide bonds. The Morgan fingerprint density at radius 2 is 1.89 bits per heavy atom. The molecule has 1 aliphatic carbocycles. The molecule has 4 nitrogen and oxygen atoms in total. The zero-order chi connectivity index (χ0) is 12.8. The second-order valence-electron chi connectivity index (χ2n) is 5.72. The summed E-state index contributed by atoms with van der Waals surface area (Å²) in [6.07, 6.45) is 6.84. The van der Waals surface area contributed by atoms with Crippen LogP contribution in [0.25, 0.3) is 0 Å². The molecule has 4 heteroatoms. The zero-order valence-electron chi connectivity index (χ0n) is 11.9. The molecule has 18 heavy (non-hydrogen) atoms. The molecule has 1 heterocycles. The van der Waals surface area contributed by atoms with Crippen molar-refractivity contribution in [1.29, 1.82) is 0 Å². The van der Waals surface area contributed by atoms with E-state index in [2.05, 4.69) is 27.4 Å². The van der Waals surface area contributed by atoms with Gasteiger partial charge in [0.15, 0.2) is 5.96 Å². The molecule has 0 aromatic rings. The molecule has 0 radical (unpaired) electrons. The van der Waals surface area contributed by atoms with Crippen LogP contribution in [-0.2, 0) is 0 Å². The second kappa shape index (κ2) is 6.98. The zero-order valence-corrected chi connectivity index (χ0v) is 11.9. The standard InChI is InChI=1S/C14H28N4/c1-12-11-13(12)17-14(15-2)16-7-10-18-8-5-3-4-6-9-18/h12-13H,3-11H2,1-2H3,(H2,15,16,17). The van der Waals surface area contributed by atoms with Crippen LogP contribution in [0.3, 0.4) is 0 Å². The molecule has 2 aliphatic rings. The molecule has 2 atom stereocenters. The van der Waals surface area contributed by atoms with Crippen molar-refractivity contribution in [3.05, 3.63) is 0 Å². The number of rotatable bonds is 4. The van der Waals surface area contributed by atoms with Crippen molar-refractivity contribution in [2.24, 2.45) is 10.9 Å². The average Bonchev–Trinajstić information content (AvgIpc) is 3.11. The maximum Gasteiger partial charge on any atom is 0.191 e. The molecular weight excluding hydrogens is 224 g/mol. The number of likely N-dealkylation sites (tertiary alicyclic amines) is 1. The first-order chi connectivity index (χ1) is 8.79. The number of aliphatic imine (C=N–C) groups is 1. The van der Waals surface area contributed by atoms with Crippen LogP contribution in [0.2, 0.25) is 0 Å². The van der Waals surface area contributed by atoms with E-state index in [0.29, 0.717) is 6.04 Å². The number of hydrogen-bond acceptors (Lipinski definition) is 2. The minimum absolute atomic E-state index is 0.648. The van der Waals surface area contributed by atoms with Crippen molar-refractivity contribution in [3.8, 4) is 0 Å². The van der Waals surface area contributed by atoms with E-state index in [0.717, 1.165) is 25.0 Å². The fraction of sp³-hybridized carbons (Fsp3) is 0.929. The van der Waals surface area contributed by atoms with Crippen LogP contribution in [0.15, 0.2) is 4.99 Å².